The van der Waals surface area contributed by atoms with E-state index in [1.54, 1.807) is 0 Å². The lowest BCUT2D eigenvalue weighted by Gasteiger charge is -2.18. The summed E-state index contributed by atoms with van der Waals surface area (Å²) in [5.41, 5.74) is 11.6. The fraction of sp³-hybridized carbons (Fsp3) is 0.0526. The third kappa shape index (κ3) is 3.51. The summed E-state index contributed by atoms with van der Waals surface area (Å²) in [4.78, 5) is 8.46. The van der Waals surface area contributed by atoms with Gasteiger partial charge in [0.05, 0.1) is 40.0 Å². The van der Waals surface area contributed by atoms with Crippen LogP contribution in [0.4, 0.5) is 5.69 Å². The molecule has 0 fully saturated rings. The average molecular weight is 539 g/mol. The molecule has 0 aliphatic rings. The molecule has 0 bridgehead atoms. The molecule has 4 nitrogen and oxygen atoms in total. The van der Waals surface area contributed by atoms with Crippen LogP contribution >= 0.6 is 0 Å². The van der Waals surface area contributed by atoms with Gasteiger partial charge in [-0.15, -0.1) is 0 Å². The molecule has 8 aromatic rings. The summed E-state index contributed by atoms with van der Waals surface area (Å²) in [6.45, 7) is 12.1. The van der Waals surface area contributed by atoms with Crippen molar-refractivity contribution >= 4 is 49.3 Å². The summed E-state index contributed by atoms with van der Waals surface area (Å²) in [7, 11) is 0. The molecule has 3 aromatic heterocycles. The molecular weight excluding hydrogens is 512 g/mol. The Bertz CT molecular complexity index is 2400. The highest BCUT2D eigenvalue weighted by Gasteiger charge is 2.20. The van der Waals surface area contributed by atoms with Crippen molar-refractivity contribution in [2.45, 2.75) is 13.8 Å². The number of pyridine rings is 1. The topological polar surface area (TPSA) is 27.1 Å². The lowest BCUT2D eigenvalue weighted by molar-refractivity contribution is 1.14. The predicted molar refractivity (Wildman–Crippen MR) is 174 cm³/mol. The molecule has 0 amide bonds. The Morgan fingerprint density at radius 2 is 1.10 bits per heavy atom. The van der Waals surface area contributed by atoms with Gasteiger partial charge in [0, 0.05) is 39.5 Å². The predicted octanol–water partition coefficient (Wildman–Crippen LogP) is 10.1. The molecule has 0 N–H and O–H groups in total. The van der Waals surface area contributed by atoms with Gasteiger partial charge in [-0.25, -0.2) is 4.85 Å². The van der Waals surface area contributed by atoms with Gasteiger partial charge in [-0.05, 0) is 73.0 Å². The molecule has 42 heavy (non-hydrogen) atoms. The van der Waals surface area contributed by atoms with Crippen LogP contribution in [-0.2, 0) is 0 Å². The lowest BCUT2D eigenvalue weighted by atomic mass is 10.0. The number of aromatic nitrogens is 3. The summed E-state index contributed by atoms with van der Waals surface area (Å²) >= 11 is 0. The fourth-order valence-electron chi connectivity index (χ4n) is 6.47. The highest BCUT2D eigenvalue weighted by atomic mass is 15.0. The van der Waals surface area contributed by atoms with E-state index in [2.05, 4.69) is 130 Å². The minimum absolute atomic E-state index is 0.596. The number of fused-ring (bicyclic) bond motifs is 6. The van der Waals surface area contributed by atoms with Crippen LogP contribution in [0.25, 0.3) is 71.0 Å². The van der Waals surface area contributed by atoms with E-state index < -0.39 is 0 Å². The zero-order valence-corrected chi connectivity index (χ0v) is 23.3. The standard InChI is InChI=1S/C38H26N4/c1-24-12-15-29-27-8-4-6-10-33(27)41(37(29)20-24)35-17-14-26(39-3)22-31(35)32-23-40-19-18-36(32)42-34-11-7-5-9-28(34)30-16-13-25(2)21-38(30)42/h4-23H,1-2H3. The van der Waals surface area contributed by atoms with Crippen LogP contribution in [0.3, 0.4) is 0 Å². The quantitative estimate of drug-likeness (QED) is 0.206. The summed E-state index contributed by atoms with van der Waals surface area (Å²) in [6, 6.07) is 38.5. The van der Waals surface area contributed by atoms with E-state index in [1.807, 2.05) is 24.5 Å². The normalized spacial score (nSPS) is 11.5. The van der Waals surface area contributed by atoms with Gasteiger partial charge < -0.3 is 9.13 Å². The fourth-order valence-corrected chi connectivity index (χ4v) is 6.47. The molecule has 198 valence electrons. The molecule has 0 aliphatic heterocycles. The smallest absolute Gasteiger partial charge is 0.188 e. The Kier molecular flexibility index (Phi) is 5.29. The van der Waals surface area contributed by atoms with E-state index in [0.29, 0.717) is 5.69 Å². The van der Waals surface area contributed by atoms with E-state index in [9.17, 15) is 0 Å². The van der Waals surface area contributed by atoms with Gasteiger partial charge in [0.2, 0.25) is 0 Å². The third-order valence-electron chi connectivity index (χ3n) is 8.34. The molecule has 0 atom stereocenters. The van der Waals surface area contributed by atoms with Crippen LogP contribution in [-0.4, -0.2) is 14.1 Å². The zero-order valence-electron chi connectivity index (χ0n) is 23.3. The Balaban J connectivity index is 1.50. The molecule has 0 aliphatic carbocycles. The number of aryl methyl sites for hydroxylation is 2. The number of rotatable bonds is 3. The van der Waals surface area contributed by atoms with Crippen LogP contribution in [0.2, 0.25) is 0 Å². The first kappa shape index (κ1) is 24.2. The van der Waals surface area contributed by atoms with Crippen molar-refractivity contribution in [3.63, 3.8) is 0 Å². The molecule has 4 heteroatoms. The van der Waals surface area contributed by atoms with Gasteiger partial charge in [0.1, 0.15) is 0 Å². The van der Waals surface area contributed by atoms with E-state index in [1.165, 1.54) is 32.7 Å². The second kappa shape index (κ2) is 9.19. The van der Waals surface area contributed by atoms with Crippen LogP contribution in [0.15, 0.2) is 122 Å². The maximum atomic E-state index is 7.87. The molecule has 0 spiro atoms. The van der Waals surface area contributed by atoms with Gasteiger partial charge in [-0.1, -0.05) is 66.7 Å². The minimum Gasteiger partial charge on any atom is -0.309 e. The van der Waals surface area contributed by atoms with Gasteiger partial charge in [-0.3, -0.25) is 4.98 Å². The highest BCUT2D eigenvalue weighted by molar-refractivity contribution is 6.11. The lowest BCUT2D eigenvalue weighted by Crippen LogP contribution is -2.02. The first-order valence-corrected chi connectivity index (χ1v) is 14.1. The second-order valence-corrected chi connectivity index (χ2v) is 11.0. The van der Waals surface area contributed by atoms with E-state index >= 15 is 0 Å². The molecule has 3 heterocycles. The Morgan fingerprint density at radius 3 is 1.69 bits per heavy atom. The number of nitrogens with zero attached hydrogens (tertiary/aromatic N) is 4. The Morgan fingerprint density at radius 1 is 0.548 bits per heavy atom. The van der Waals surface area contributed by atoms with Gasteiger partial charge in [0.25, 0.3) is 0 Å². The first-order chi connectivity index (χ1) is 20.6. The van der Waals surface area contributed by atoms with Crippen molar-refractivity contribution in [3.8, 4) is 22.5 Å². The molecule has 0 unspecified atom stereocenters. The molecule has 0 saturated heterocycles. The first-order valence-electron chi connectivity index (χ1n) is 14.1. The number of para-hydroxylation sites is 2. The Hall–Kier alpha value is -5.66. The number of benzene rings is 5. The zero-order chi connectivity index (χ0) is 28.4. The maximum absolute atomic E-state index is 7.87. The second-order valence-electron chi connectivity index (χ2n) is 11.0. The van der Waals surface area contributed by atoms with Crippen molar-refractivity contribution < 1.29 is 0 Å². The van der Waals surface area contributed by atoms with Crippen LogP contribution in [0, 0.1) is 20.4 Å². The van der Waals surface area contributed by atoms with Gasteiger partial charge in [-0.2, -0.15) is 0 Å². The van der Waals surface area contributed by atoms with Gasteiger partial charge in [0.15, 0.2) is 5.69 Å². The van der Waals surface area contributed by atoms with Crippen molar-refractivity contribution in [1.29, 1.82) is 0 Å². The molecular formula is C38H26N4. The van der Waals surface area contributed by atoms with Crippen molar-refractivity contribution in [1.82, 2.24) is 14.1 Å². The molecule has 0 radical (unpaired) electrons. The van der Waals surface area contributed by atoms with Crippen molar-refractivity contribution in [2.24, 2.45) is 0 Å². The largest absolute Gasteiger partial charge is 0.309 e. The van der Waals surface area contributed by atoms with E-state index in [0.717, 1.165) is 44.6 Å². The summed E-state index contributed by atoms with van der Waals surface area (Å²) in [6.07, 6.45) is 3.80. The summed E-state index contributed by atoms with van der Waals surface area (Å²) in [5.74, 6) is 0. The highest BCUT2D eigenvalue weighted by Crippen LogP contribution is 2.41. The van der Waals surface area contributed by atoms with Crippen LogP contribution in [0.5, 0.6) is 0 Å². The summed E-state index contributed by atoms with van der Waals surface area (Å²) < 4.78 is 4.69. The van der Waals surface area contributed by atoms with Crippen molar-refractivity contribution in [2.75, 3.05) is 0 Å². The monoisotopic (exact) mass is 538 g/mol. The van der Waals surface area contributed by atoms with Crippen molar-refractivity contribution in [3.05, 3.63) is 144 Å². The average Bonchev–Trinajstić information content (AvgIpc) is 3.52. The van der Waals surface area contributed by atoms with E-state index in [-0.39, 0.29) is 0 Å². The third-order valence-corrected chi connectivity index (χ3v) is 8.34. The number of hydrogen-bond donors (Lipinski definition) is 0. The van der Waals surface area contributed by atoms with Crippen LogP contribution < -0.4 is 0 Å². The molecule has 8 rings (SSSR count). The summed E-state index contributed by atoms with van der Waals surface area (Å²) in [5, 5.41) is 4.84. The van der Waals surface area contributed by atoms with E-state index in [4.69, 9.17) is 6.57 Å². The minimum atomic E-state index is 0.596. The molecule has 0 saturated carbocycles. The Labute approximate surface area is 243 Å². The van der Waals surface area contributed by atoms with Gasteiger partial charge >= 0.3 is 0 Å². The maximum Gasteiger partial charge on any atom is 0.188 e. The van der Waals surface area contributed by atoms with Crippen LogP contribution in [0.1, 0.15) is 11.1 Å². The number of hydrogen-bond acceptors (Lipinski definition) is 1. The SMILES string of the molecule is [C-]#[N+]c1ccc(-n2c3ccccc3c3ccc(C)cc32)c(-c2cnccc2-n2c3ccccc3c3ccc(C)cc32)c1. The molecule has 5 aromatic carbocycles.